The fourth-order valence-corrected chi connectivity index (χ4v) is 3.01. The van der Waals surface area contributed by atoms with Crippen molar-refractivity contribution in [3.05, 3.63) is 33.8 Å². The summed E-state index contributed by atoms with van der Waals surface area (Å²) < 4.78 is 0. The maximum atomic E-state index is 11.9. The van der Waals surface area contributed by atoms with E-state index in [1.807, 2.05) is 0 Å². The van der Waals surface area contributed by atoms with Gasteiger partial charge in [0.15, 0.2) is 0 Å². The molecule has 1 amide bonds. The lowest BCUT2D eigenvalue weighted by molar-refractivity contribution is -0.125. The first-order chi connectivity index (χ1) is 9.47. The van der Waals surface area contributed by atoms with E-state index in [-0.39, 0.29) is 24.4 Å². The van der Waals surface area contributed by atoms with E-state index in [9.17, 15) is 9.90 Å². The second kappa shape index (κ2) is 6.76. The number of aliphatic hydroxyl groups excluding tert-OH is 1. The molecular weight excluding hydrogens is 299 g/mol. The highest BCUT2D eigenvalue weighted by atomic mass is 35.5. The molecule has 0 bridgehead atoms. The lowest BCUT2D eigenvalue weighted by atomic mass is 10.1. The van der Waals surface area contributed by atoms with E-state index >= 15 is 0 Å². The van der Waals surface area contributed by atoms with Gasteiger partial charge in [-0.2, -0.15) is 0 Å². The van der Waals surface area contributed by atoms with E-state index in [2.05, 4.69) is 5.32 Å². The zero-order valence-electron chi connectivity index (χ0n) is 11.0. The number of amides is 1. The molecule has 0 aliphatic heterocycles. The van der Waals surface area contributed by atoms with Crippen molar-refractivity contribution in [3.63, 3.8) is 0 Å². The van der Waals surface area contributed by atoms with Crippen molar-refractivity contribution in [2.24, 2.45) is 11.7 Å². The van der Waals surface area contributed by atoms with Crippen LogP contribution in [0, 0.1) is 5.92 Å². The summed E-state index contributed by atoms with van der Waals surface area (Å²) in [6.45, 7) is 0.131. The molecule has 3 atom stereocenters. The molecule has 1 saturated carbocycles. The van der Waals surface area contributed by atoms with E-state index in [1.54, 1.807) is 18.2 Å². The molecule has 1 aliphatic carbocycles. The first kappa shape index (κ1) is 15.6. The highest BCUT2D eigenvalue weighted by Crippen LogP contribution is 2.27. The number of nitrogens with two attached hydrogens (primary N) is 1. The predicted octanol–water partition coefficient (Wildman–Crippen LogP) is 2.27. The van der Waals surface area contributed by atoms with Gasteiger partial charge in [0.25, 0.3) is 0 Å². The minimum absolute atomic E-state index is 0.0436. The van der Waals surface area contributed by atoms with E-state index in [0.717, 1.165) is 12.8 Å². The first-order valence-electron chi connectivity index (χ1n) is 6.63. The van der Waals surface area contributed by atoms with Crippen LogP contribution in [0.2, 0.25) is 10.0 Å². The van der Waals surface area contributed by atoms with Crippen LogP contribution in [0.15, 0.2) is 18.2 Å². The number of hydrogen-bond donors (Lipinski definition) is 3. The Balaban J connectivity index is 1.88. The average molecular weight is 317 g/mol. The Kier molecular flexibility index (Phi) is 5.27. The van der Waals surface area contributed by atoms with Gasteiger partial charge in [0.1, 0.15) is 0 Å². The summed E-state index contributed by atoms with van der Waals surface area (Å²) in [5.74, 6) is -0.0972. The molecule has 0 heterocycles. The third-order valence-corrected chi connectivity index (χ3v) is 4.20. The second-order valence-corrected chi connectivity index (χ2v) is 6.04. The molecule has 1 fully saturated rings. The Labute approximate surface area is 128 Å². The summed E-state index contributed by atoms with van der Waals surface area (Å²) >= 11 is 11.8. The van der Waals surface area contributed by atoms with Crippen molar-refractivity contribution in [2.75, 3.05) is 6.54 Å². The van der Waals surface area contributed by atoms with Crippen molar-refractivity contribution >= 4 is 29.1 Å². The highest BCUT2D eigenvalue weighted by Gasteiger charge is 2.28. The smallest absolute Gasteiger partial charge is 0.223 e. The van der Waals surface area contributed by atoms with Crippen LogP contribution in [0.1, 0.15) is 30.9 Å². The van der Waals surface area contributed by atoms with Crippen molar-refractivity contribution in [1.29, 1.82) is 0 Å². The maximum Gasteiger partial charge on any atom is 0.223 e. The first-order valence-corrected chi connectivity index (χ1v) is 7.39. The fraction of sp³-hybridized carbons (Fsp3) is 0.500. The molecule has 4 N–H and O–H groups in total. The molecule has 0 unspecified atom stereocenters. The molecule has 0 radical (unpaired) electrons. The van der Waals surface area contributed by atoms with E-state index < -0.39 is 6.10 Å². The Hall–Kier alpha value is -0.810. The van der Waals surface area contributed by atoms with Crippen molar-refractivity contribution in [1.82, 2.24) is 5.32 Å². The highest BCUT2D eigenvalue weighted by molar-refractivity contribution is 6.35. The minimum atomic E-state index is -0.848. The van der Waals surface area contributed by atoms with Crippen LogP contribution >= 0.6 is 23.2 Å². The lowest BCUT2D eigenvalue weighted by Gasteiger charge is -2.16. The monoisotopic (exact) mass is 316 g/mol. The third-order valence-electron chi connectivity index (χ3n) is 3.64. The van der Waals surface area contributed by atoms with Gasteiger partial charge >= 0.3 is 0 Å². The number of hydrogen-bond acceptors (Lipinski definition) is 3. The largest absolute Gasteiger partial charge is 0.387 e. The quantitative estimate of drug-likeness (QED) is 0.797. The predicted molar refractivity (Wildman–Crippen MR) is 79.7 cm³/mol. The Morgan fingerprint density at radius 2 is 2.20 bits per heavy atom. The zero-order valence-corrected chi connectivity index (χ0v) is 12.5. The number of nitrogens with one attached hydrogen (secondary N) is 1. The fourth-order valence-electron chi connectivity index (χ4n) is 2.48. The van der Waals surface area contributed by atoms with E-state index in [0.29, 0.717) is 22.0 Å². The number of benzene rings is 1. The van der Waals surface area contributed by atoms with Gasteiger partial charge in [-0.1, -0.05) is 29.3 Å². The molecule has 0 aromatic heterocycles. The molecule has 1 aromatic carbocycles. The van der Waals surface area contributed by atoms with Gasteiger partial charge in [-0.15, -0.1) is 0 Å². The van der Waals surface area contributed by atoms with Crippen LogP contribution in [-0.4, -0.2) is 23.6 Å². The van der Waals surface area contributed by atoms with Crippen LogP contribution < -0.4 is 11.1 Å². The zero-order chi connectivity index (χ0) is 14.7. The number of aliphatic hydroxyl groups is 1. The molecule has 4 nitrogen and oxygen atoms in total. The van der Waals surface area contributed by atoms with Gasteiger partial charge in [0.2, 0.25) is 5.91 Å². The molecule has 1 aliphatic rings. The number of rotatable bonds is 4. The van der Waals surface area contributed by atoms with E-state index in [4.69, 9.17) is 28.9 Å². The van der Waals surface area contributed by atoms with Gasteiger partial charge in [-0.05, 0) is 31.4 Å². The normalized spacial score (nSPS) is 23.6. The Bertz CT molecular complexity index is 496. The molecule has 20 heavy (non-hydrogen) atoms. The summed E-state index contributed by atoms with van der Waals surface area (Å²) in [6.07, 6.45) is 1.55. The Morgan fingerprint density at radius 3 is 2.80 bits per heavy atom. The lowest BCUT2D eigenvalue weighted by Crippen LogP contribution is -2.33. The van der Waals surface area contributed by atoms with Gasteiger partial charge < -0.3 is 16.2 Å². The number of carbonyl (C=O) groups is 1. The van der Waals surface area contributed by atoms with E-state index in [1.165, 1.54) is 0 Å². The Morgan fingerprint density at radius 1 is 1.45 bits per heavy atom. The third kappa shape index (κ3) is 3.85. The summed E-state index contributed by atoms with van der Waals surface area (Å²) in [7, 11) is 0. The molecular formula is C14H18Cl2N2O2. The summed E-state index contributed by atoms with van der Waals surface area (Å²) in [5, 5.41) is 13.7. The van der Waals surface area contributed by atoms with Crippen LogP contribution in [-0.2, 0) is 4.79 Å². The van der Waals surface area contributed by atoms with Crippen LogP contribution in [0.5, 0.6) is 0 Å². The standard InChI is InChI=1S/C14H18Cl2N2O2/c15-9-2-4-11(12(16)6-9)13(19)7-18-14(20)8-1-3-10(17)5-8/h2,4,6,8,10,13,19H,1,3,5,7,17H2,(H,18,20)/t8-,10+,13-/m0/s1. The van der Waals surface area contributed by atoms with Crippen LogP contribution in [0.25, 0.3) is 0 Å². The summed E-state index contributed by atoms with van der Waals surface area (Å²) in [4.78, 5) is 11.9. The topological polar surface area (TPSA) is 75.4 Å². The van der Waals surface area contributed by atoms with Crippen molar-refractivity contribution < 1.29 is 9.90 Å². The van der Waals surface area contributed by atoms with Gasteiger partial charge in [-0.3, -0.25) is 4.79 Å². The molecule has 2 rings (SSSR count). The minimum Gasteiger partial charge on any atom is -0.387 e. The van der Waals surface area contributed by atoms with Crippen molar-refractivity contribution in [3.8, 4) is 0 Å². The second-order valence-electron chi connectivity index (χ2n) is 5.20. The van der Waals surface area contributed by atoms with Crippen LogP contribution in [0.4, 0.5) is 0 Å². The number of carbonyl (C=O) groups excluding carboxylic acids is 1. The summed E-state index contributed by atoms with van der Waals surface area (Å²) in [6, 6.07) is 5.00. The molecule has 0 spiro atoms. The van der Waals surface area contributed by atoms with Crippen LogP contribution in [0.3, 0.4) is 0 Å². The van der Waals surface area contributed by atoms with Gasteiger partial charge in [0.05, 0.1) is 6.10 Å². The molecule has 1 aromatic rings. The van der Waals surface area contributed by atoms with Gasteiger partial charge in [-0.25, -0.2) is 0 Å². The number of halogens is 2. The van der Waals surface area contributed by atoms with Crippen molar-refractivity contribution in [2.45, 2.75) is 31.4 Å². The average Bonchev–Trinajstić information content (AvgIpc) is 2.82. The molecule has 0 saturated heterocycles. The summed E-state index contributed by atoms with van der Waals surface area (Å²) in [5.41, 5.74) is 6.34. The molecule has 110 valence electrons. The van der Waals surface area contributed by atoms with Gasteiger partial charge in [0, 0.05) is 34.1 Å². The maximum absolute atomic E-state index is 11.9. The SMILES string of the molecule is N[C@@H]1CC[C@H](C(=O)NC[C@H](O)c2ccc(Cl)cc2Cl)C1. The molecule has 6 heteroatoms.